The van der Waals surface area contributed by atoms with E-state index in [1.807, 2.05) is 6.92 Å². The van der Waals surface area contributed by atoms with Gasteiger partial charge in [0.2, 0.25) is 0 Å². The molecule has 0 fully saturated rings. The molecule has 134 valence electrons. The highest BCUT2D eigenvalue weighted by molar-refractivity contribution is 7.14. The zero-order chi connectivity index (χ0) is 18.4. The smallest absolute Gasteiger partial charge is 0.348 e. The molecule has 1 aromatic carbocycles. The number of hydrogen-bond acceptors (Lipinski definition) is 4. The Balaban J connectivity index is 1.96. The lowest BCUT2D eigenvalue weighted by Gasteiger charge is -2.07. The molecule has 1 aromatic heterocycles. The predicted octanol–water partition coefficient (Wildman–Crippen LogP) is 4.34. The summed E-state index contributed by atoms with van der Waals surface area (Å²) in [4.78, 5) is 25.4. The molecule has 0 unspecified atom stereocenters. The van der Waals surface area contributed by atoms with Gasteiger partial charge in [-0.05, 0) is 36.6 Å². The van der Waals surface area contributed by atoms with Crippen LogP contribution in [-0.4, -0.2) is 18.5 Å². The van der Waals surface area contributed by atoms with Crippen molar-refractivity contribution in [2.45, 2.75) is 33.1 Å². The first-order valence-electron chi connectivity index (χ1n) is 7.98. The van der Waals surface area contributed by atoms with E-state index in [4.69, 9.17) is 4.74 Å². The van der Waals surface area contributed by atoms with E-state index in [-0.39, 0.29) is 0 Å². The SMILES string of the molecule is CCCc1sc(C(=O)OCC(=O)Nc2c(F)cccc2F)cc1CC. The van der Waals surface area contributed by atoms with Gasteiger partial charge in [0, 0.05) is 4.88 Å². The Kier molecular flexibility index (Phi) is 6.64. The number of anilines is 1. The quantitative estimate of drug-likeness (QED) is 0.741. The third kappa shape index (κ3) is 4.85. The summed E-state index contributed by atoms with van der Waals surface area (Å²) in [6.07, 6.45) is 2.67. The first-order chi connectivity index (χ1) is 12.0. The number of nitrogens with one attached hydrogen (secondary N) is 1. The highest BCUT2D eigenvalue weighted by Crippen LogP contribution is 2.25. The van der Waals surface area contributed by atoms with E-state index in [1.54, 1.807) is 6.07 Å². The van der Waals surface area contributed by atoms with Gasteiger partial charge in [0.05, 0.1) is 0 Å². The zero-order valence-electron chi connectivity index (χ0n) is 14.0. The van der Waals surface area contributed by atoms with Crippen molar-refractivity contribution >= 4 is 28.9 Å². The Morgan fingerprint density at radius 3 is 2.48 bits per heavy atom. The van der Waals surface area contributed by atoms with Crippen molar-refractivity contribution in [1.82, 2.24) is 0 Å². The summed E-state index contributed by atoms with van der Waals surface area (Å²) in [6, 6.07) is 5.01. The number of ether oxygens (including phenoxy) is 1. The fraction of sp³-hybridized carbons (Fsp3) is 0.333. The van der Waals surface area contributed by atoms with Crippen molar-refractivity contribution < 1.29 is 23.1 Å². The molecule has 0 aliphatic heterocycles. The number of esters is 1. The molecule has 1 amide bonds. The molecule has 0 aliphatic carbocycles. The largest absolute Gasteiger partial charge is 0.451 e. The summed E-state index contributed by atoms with van der Waals surface area (Å²) in [5.41, 5.74) is 0.537. The van der Waals surface area contributed by atoms with Crippen LogP contribution in [0.4, 0.5) is 14.5 Å². The fourth-order valence-corrected chi connectivity index (χ4v) is 3.55. The van der Waals surface area contributed by atoms with Crippen LogP contribution in [0.1, 0.15) is 40.4 Å². The van der Waals surface area contributed by atoms with Gasteiger partial charge >= 0.3 is 5.97 Å². The monoisotopic (exact) mass is 367 g/mol. The summed E-state index contributed by atoms with van der Waals surface area (Å²) in [6.45, 7) is 3.45. The van der Waals surface area contributed by atoms with Crippen LogP contribution in [0, 0.1) is 11.6 Å². The molecule has 0 saturated carbocycles. The maximum absolute atomic E-state index is 13.5. The van der Waals surface area contributed by atoms with Crippen molar-refractivity contribution in [3.8, 4) is 0 Å². The van der Waals surface area contributed by atoms with Gasteiger partial charge in [-0.25, -0.2) is 13.6 Å². The van der Waals surface area contributed by atoms with E-state index < -0.39 is 35.8 Å². The van der Waals surface area contributed by atoms with Crippen LogP contribution in [0.3, 0.4) is 0 Å². The third-order valence-electron chi connectivity index (χ3n) is 3.52. The first-order valence-corrected chi connectivity index (χ1v) is 8.80. The number of para-hydroxylation sites is 1. The molecule has 0 bridgehead atoms. The Hall–Kier alpha value is -2.28. The maximum atomic E-state index is 13.5. The molecule has 25 heavy (non-hydrogen) atoms. The van der Waals surface area contributed by atoms with Gasteiger partial charge in [0.15, 0.2) is 6.61 Å². The van der Waals surface area contributed by atoms with Crippen LogP contribution in [0.5, 0.6) is 0 Å². The van der Waals surface area contributed by atoms with Crippen molar-refractivity contribution in [3.05, 3.63) is 51.2 Å². The van der Waals surface area contributed by atoms with Gasteiger partial charge in [-0.1, -0.05) is 26.3 Å². The van der Waals surface area contributed by atoms with E-state index in [0.29, 0.717) is 4.88 Å². The Morgan fingerprint density at radius 1 is 1.20 bits per heavy atom. The van der Waals surface area contributed by atoms with Crippen LogP contribution < -0.4 is 5.32 Å². The molecule has 0 saturated heterocycles. The second-order valence-electron chi connectivity index (χ2n) is 5.38. The molecule has 0 aliphatic rings. The molecule has 0 radical (unpaired) electrons. The van der Waals surface area contributed by atoms with E-state index in [2.05, 4.69) is 12.2 Å². The lowest BCUT2D eigenvalue weighted by molar-refractivity contribution is -0.119. The zero-order valence-corrected chi connectivity index (χ0v) is 14.8. The van der Waals surface area contributed by atoms with Crippen LogP contribution in [0.15, 0.2) is 24.3 Å². The van der Waals surface area contributed by atoms with Crippen molar-refractivity contribution in [3.63, 3.8) is 0 Å². The molecule has 0 spiro atoms. The summed E-state index contributed by atoms with van der Waals surface area (Å²) in [5, 5.41) is 2.07. The Labute approximate surface area is 148 Å². The van der Waals surface area contributed by atoms with Crippen LogP contribution in [0.2, 0.25) is 0 Å². The molecule has 1 N–H and O–H groups in total. The summed E-state index contributed by atoms with van der Waals surface area (Å²) >= 11 is 1.35. The standard InChI is InChI=1S/C18H19F2NO3S/c1-3-6-14-11(4-2)9-15(25-14)18(23)24-10-16(22)21-17-12(19)7-5-8-13(17)20/h5,7-9H,3-4,6,10H2,1-2H3,(H,21,22). The molecular weight excluding hydrogens is 348 g/mol. The van der Waals surface area contributed by atoms with E-state index in [1.165, 1.54) is 17.4 Å². The predicted molar refractivity (Wildman–Crippen MR) is 93.0 cm³/mol. The molecule has 2 rings (SSSR count). The second-order valence-corrected chi connectivity index (χ2v) is 6.52. The van der Waals surface area contributed by atoms with Crippen LogP contribution >= 0.6 is 11.3 Å². The number of carbonyl (C=O) groups excluding carboxylic acids is 2. The number of hydrogen-bond donors (Lipinski definition) is 1. The number of rotatable bonds is 7. The van der Waals surface area contributed by atoms with E-state index in [0.717, 1.165) is 41.8 Å². The molecule has 2 aromatic rings. The number of benzene rings is 1. The number of amides is 1. The number of aryl methyl sites for hydroxylation is 2. The molecule has 0 atom stereocenters. The third-order valence-corrected chi connectivity index (χ3v) is 4.73. The first kappa shape index (κ1) is 19.1. The van der Waals surface area contributed by atoms with Gasteiger partial charge in [-0.2, -0.15) is 0 Å². The van der Waals surface area contributed by atoms with Crippen molar-refractivity contribution in [1.29, 1.82) is 0 Å². The minimum Gasteiger partial charge on any atom is -0.451 e. The number of halogens is 2. The van der Waals surface area contributed by atoms with Gasteiger partial charge in [0.25, 0.3) is 5.91 Å². The van der Waals surface area contributed by atoms with Crippen molar-refractivity contribution in [2.24, 2.45) is 0 Å². The summed E-state index contributed by atoms with van der Waals surface area (Å²) in [5.74, 6) is -3.21. The molecular formula is C18H19F2NO3S. The normalized spacial score (nSPS) is 10.6. The minimum atomic E-state index is -0.894. The maximum Gasteiger partial charge on any atom is 0.348 e. The number of thiophene rings is 1. The lowest BCUT2D eigenvalue weighted by Crippen LogP contribution is -2.21. The van der Waals surface area contributed by atoms with Gasteiger partial charge in [-0.15, -0.1) is 11.3 Å². The lowest BCUT2D eigenvalue weighted by atomic mass is 10.1. The van der Waals surface area contributed by atoms with E-state index >= 15 is 0 Å². The van der Waals surface area contributed by atoms with Gasteiger partial charge in [0.1, 0.15) is 22.2 Å². The van der Waals surface area contributed by atoms with Crippen LogP contribution in [-0.2, 0) is 22.4 Å². The second kappa shape index (κ2) is 8.71. The fourth-order valence-electron chi connectivity index (χ4n) is 2.30. The van der Waals surface area contributed by atoms with E-state index in [9.17, 15) is 18.4 Å². The van der Waals surface area contributed by atoms with Gasteiger partial charge < -0.3 is 10.1 Å². The highest BCUT2D eigenvalue weighted by atomic mass is 32.1. The summed E-state index contributed by atoms with van der Waals surface area (Å²) < 4.78 is 31.9. The van der Waals surface area contributed by atoms with Crippen LogP contribution in [0.25, 0.3) is 0 Å². The molecule has 1 heterocycles. The topological polar surface area (TPSA) is 55.4 Å². The number of carbonyl (C=O) groups is 2. The average Bonchev–Trinajstić information content (AvgIpc) is 2.99. The summed E-state index contributed by atoms with van der Waals surface area (Å²) in [7, 11) is 0. The molecule has 7 heteroatoms. The molecule has 4 nitrogen and oxygen atoms in total. The van der Waals surface area contributed by atoms with Gasteiger partial charge in [-0.3, -0.25) is 4.79 Å². The van der Waals surface area contributed by atoms with Crippen molar-refractivity contribution in [2.75, 3.05) is 11.9 Å². The average molecular weight is 367 g/mol. The minimum absolute atomic E-state index is 0.421. The Bertz CT molecular complexity index is 753. The Morgan fingerprint density at radius 2 is 1.88 bits per heavy atom. The highest BCUT2D eigenvalue weighted by Gasteiger charge is 2.17.